The Balaban J connectivity index is 2.57. The normalized spacial score (nSPS) is 12.2. The summed E-state index contributed by atoms with van der Waals surface area (Å²) >= 11 is 0. The van der Waals surface area contributed by atoms with Crippen LogP contribution in [0, 0.1) is 0 Å². The Kier molecular flexibility index (Phi) is 4.15. The number of hydrogen-bond donors (Lipinski definition) is 1. The van der Waals surface area contributed by atoms with Crippen LogP contribution in [0.15, 0.2) is 12.4 Å². The first-order valence-electron chi connectivity index (χ1n) is 5.13. The second kappa shape index (κ2) is 5.38. The van der Waals surface area contributed by atoms with Gasteiger partial charge in [0, 0.05) is 18.9 Å². The van der Waals surface area contributed by atoms with Crippen molar-refractivity contribution in [1.29, 1.82) is 0 Å². The maximum atomic E-state index is 11.3. The van der Waals surface area contributed by atoms with Crippen LogP contribution >= 0.6 is 0 Å². The summed E-state index contributed by atoms with van der Waals surface area (Å²) in [5.41, 5.74) is 0. The second-order valence-corrected chi connectivity index (χ2v) is 3.15. The van der Waals surface area contributed by atoms with E-state index in [1.54, 1.807) is 20.0 Å². The highest BCUT2D eigenvalue weighted by atomic mass is 16.5. The van der Waals surface area contributed by atoms with Gasteiger partial charge in [-0.3, -0.25) is 0 Å². The van der Waals surface area contributed by atoms with E-state index in [9.17, 15) is 4.79 Å². The average Bonchev–Trinajstić information content (AvgIpc) is 2.65. The zero-order valence-corrected chi connectivity index (χ0v) is 9.36. The van der Waals surface area contributed by atoms with Crippen molar-refractivity contribution in [2.45, 2.75) is 33.4 Å². The summed E-state index contributed by atoms with van der Waals surface area (Å²) in [5.74, 6) is 0.432. The molecule has 1 aromatic heterocycles. The van der Waals surface area contributed by atoms with Crippen LogP contribution in [0.5, 0.6) is 0 Å². The van der Waals surface area contributed by atoms with Gasteiger partial charge in [0.15, 0.2) is 0 Å². The number of hydrogen-bond acceptors (Lipinski definition) is 4. The van der Waals surface area contributed by atoms with Gasteiger partial charge in [-0.2, -0.15) is 0 Å². The number of rotatable bonds is 5. The molecule has 5 heteroatoms. The number of anilines is 1. The summed E-state index contributed by atoms with van der Waals surface area (Å²) in [4.78, 5) is 15.5. The summed E-state index contributed by atoms with van der Waals surface area (Å²) in [5, 5.41) is 3.00. The van der Waals surface area contributed by atoms with Crippen molar-refractivity contribution in [3.8, 4) is 0 Å². The van der Waals surface area contributed by atoms with Crippen molar-refractivity contribution in [2.24, 2.45) is 0 Å². The summed E-state index contributed by atoms with van der Waals surface area (Å²) in [7, 11) is 0. The van der Waals surface area contributed by atoms with Crippen molar-refractivity contribution in [1.82, 2.24) is 9.55 Å². The van der Waals surface area contributed by atoms with Crippen LogP contribution in [0.4, 0.5) is 5.95 Å². The highest BCUT2D eigenvalue weighted by Crippen LogP contribution is 2.06. The first-order chi connectivity index (χ1) is 7.19. The molecule has 0 radical (unpaired) electrons. The maximum absolute atomic E-state index is 11.3. The van der Waals surface area contributed by atoms with Gasteiger partial charge in [-0.05, 0) is 20.8 Å². The lowest BCUT2D eigenvalue weighted by atomic mass is 10.3. The Hall–Kier alpha value is -1.52. The van der Waals surface area contributed by atoms with Gasteiger partial charge in [-0.1, -0.05) is 0 Å². The first kappa shape index (κ1) is 11.6. The molecule has 0 aliphatic rings. The minimum atomic E-state index is -0.377. The molecule has 1 heterocycles. The lowest BCUT2D eigenvalue weighted by molar-refractivity contribution is -0.143. The molecule has 84 valence electrons. The van der Waals surface area contributed by atoms with E-state index >= 15 is 0 Å². The molecule has 0 amide bonds. The van der Waals surface area contributed by atoms with Crippen molar-refractivity contribution < 1.29 is 9.53 Å². The van der Waals surface area contributed by atoms with E-state index in [-0.39, 0.29) is 12.0 Å². The fraction of sp³-hybridized carbons (Fsp3) is 0.600. The number of esters is 1. The molecule has 1 atom stereocenters. The van der Waals surface area contributed by atoms with E-state index < -0.39 is 0 Å². The summed E-state index contributed by atoms with van der Waals surface area (Å²) < 4.78 is 6.81. The number of ether oxygens (including phenoxy) is 1. The van der Waals surface area contributed by atoms with Crippen LogP contribution in [-0.4, -0.2) is 28.2 Å². The highest BCUT2D eigenvalue weighted by molar-refractivity contribution is 5.78. The van der Waals surface area contributed by atoms with Crippen LogP contribution in [0.2, 0.25) is 0 Å². The van der Waals surface area contributed by atoms with Gasteiger partial charge in [0.2, 0.25) is 5.95 Å². The van der Waals surface area contributed by atoms with E-state index in [0.29, 0.717) is 12.6 Å². The molecule has 0 aromatic carbocycles. The second-order valence-electron chi connectivity index (χ2n) is 3.15. The molecule has 0 bridgehead atoms. The number of carbonyl (C=O) groups excluding carboxylic acids is 1. The predicted molar refractivity (Wildman–Crippen MR) is 57.6 cm³/mol. The fourth-order valence-corrected chi connectivity index (χ4v) is 1.22. The van der Waals surface area contributed by atoms with Crippen LogP contribution in [0.3, 0.4) is 0 Å². The zero-order chi connectivity index (χ0) is 11.3. The monoisotopic (exact) mass is 211 g/mol. The van der Waals surface area contributed by atoms with E-state index in [1.165, 1.54) is 0 Å². The van der Waals surface area contributed by atoms with Crippen molar-refractivity contribution in [2.75, 3.05) is 11.9 Å². The third-order valence-corrected chi connectivity index (χ3v) is 2.04. The Labute approximate surface area is 89.4 Å². The quantitative estimate of drug-likeness (QED) is 0.745. The van der Waals surface area contributed by atoms with Gasteiger partial charge in [-0.15, -0.1) is 0 Å². The van der Waals surface area contributed by atoms with Crippen LogP contribution < -0.4 is 5.32 Å². The zero-order valence-electron chi connectivity index (χ0n) is 9.36. The molecule has 0 aliphatic carbocycles. The lowest BCUT2D eigenvalue weighted by Crippen LogP contribution is -2.29. The van der Waals surface area contributed by atoms with Gasteiger partial charge in [-0.25, -0.2) is 9.78 Å². The standard InChI is InChI=1S/C10H17N3O2/c1-4-13-7-6-11-10(13)12-8(3)9(14)15-5-2/h6-8H,4-5H2,1-3H3,(H,11,12). The van der Waals surface area contributed by atoms with E-state index in [2.05, 4.69) is 10.3 Å². The minimum absolute atomic E-state index is 0.261. The Bertz CT molecular complexity index is 322. The number of carbonyl (C=O) groups is 1. The topological polar surface area (TPSA) is 56.1 Å². The summed E-state index contributed by atoms with van der Waals surface area (Å²) in [6, 6.07) is -0.377. The smallest absolute Gasteiger partial charge is 0.328 e. The van der Waals surface area contributed by atoms with Gasteiger partial charge in [0.1, 0.15) is 6.04 Å². The molecule has 0 saturated carbocycles. The van der Waals surface area contributed by atoms with E-state index in [1.807, 2.05) is 17.7 Å². The molecule has 15 heavy (non-hydrogen) atoms. The molecule has 1 aromatic rings. The molecule has 0 saturated heterocycles. The lowest BCUT2D eigenvalue weighted by Gasteiger charge is -2.13. The minimum Gasteiger partial charge on any atom is -0.464 e. The number of nitrogens with zero attached hydrogens (tertiary/aromatic N) is 2. The Morgan fingerprint density at radius 2 is 2.40 bits per heavy atom. The molecule has 1 N–H and O–H groups in total. The van der Waals surface area contributed by atoms with Crippen LogP contribution in [0.1, 0.15) is 20.8 Å². The third-order valence-electron chi connectivity index (χ3n) is 2.04. The molecule has 0 fully saturated rings. The first-order valence-corrected chi connectivity index (χ1v) is 5.13. The number of aryl methyl sites for hydroxylation is 1. The largest absolute Gasteiger partial charge is 0.464 e. The molecular weight excluding hydrogens is 194 g/mol. The summed E-state index contributed by atoms with van der Waals surface area (Å²) in [6.07, 6.45) is 3.56. The van der Waals surface area contributed by atoms with E-state index in [4.69, 9.17) is 4.74 Å². The average molecular weight is 211 g/mol. The van der Waals surface area contributed by atoms with Gasteiger partial charge >= 0.3 is 5.97 Å². The van der Waals surface area contributed by atoms with Gasteiger partial charge in [0.25, 0.3) is 0 Å². The number of nitrogens with one attached hydrogen (secondary N) is 1. The highest BCUT2D eigenvalue weighted by Gasteiger charge is 2.15. The van der Waals surface area contributed by atoms with Crippen molar-refractivity contribution in [3.05, 3.63) is 12.4 Å². The van der Waals surface area contributed by atoms with Crippen molar-refractivity contribution >= 4 is 11.9 Å². The molecular formula is C10H17N3O2. The fourth-order valence-electron chi connectivity index (χ4n) is 1.22. The predicted octanol–water partition coefficient (Wildman–Crippen LogP) is 1.27. The van der Waals surface area contributed by atoms with Gasteiger partial charge < -0.3 is 14.6 Å². The van der Waals surface area contributed by atoms with Crippen molar-refractivity contribution in [3.63, 3.8) is 0 Å². The molecule has 0 aliphatic heterocycles. The molecule has 0 spiro atoms. The molecule has 1 rings (SSSR count). The maximum Gasteiger partial charge on any atom is 0.328 e. The number of imidazole rings is 1. The third kappa shape index (κ3) is 2.97. The summed E-state index contributed by atoms with van der Waals surface area (Å²) in [6.45, 7) is 6.77. The SMILES string of the molecule is CCOC(=O)C(C)Nc1nccn1CC. The van der Waals surface area contributed by atoms with E-state index in [0.717, 1.165) is 6.54 Å². The Morgan fingerprint density at radius 1 is 1.67 bits per heavy atom. The molecule has 5 nitrogen and oxygen atoms in total. The van der Waals surface area contributed by atoms with Gasteiger partial charge in [0.05, 0.1) is 6.61 Å². The number of aromatic nitrogens is 2. The molecule has 1 unspecified atom stereocenters. The van der Waals surface area contributed by atoms with Crippen LogP contribution in [0.25, 0.3) is 0 Å². The van der Waals surface area contributed by atoms with Crippen LogP contribution in [-0.2, 0) is 16.1 Å². The Morgan fingerprint density at radius 3 is 3.00 bits per heavy atom.